The highest BCUT2D eigenvalue weighted by molar-refractivity contribution is 7.91. The standard InChI is InChI=1S/C22H15ClFNO3.C22H19NO6S.C19H13ClN2O3S/c23-18-9-5-4-8-16(18)17-12-14(10-11-19(17)24)13-20(22(27)28)25-21(26)15-6-2-1-3-7-15;1-2-30(27,28)18-11-8-15(9-12-18)20-13-10-17(29-20)14-19(22(25)26)23-21(24)16-6-4-3-5-7-16;20-15-9-5-4-8-14(15)18-21-13(11-26-18)10-16(19(24)25)22-17(23)12-6-2-1-3-7-12/h1-13H,(H,25,26)(H,27,28);3-14H,2H2,1H3,(H,23,24)(H,25,26);1-11H,(H,22,23)(H,24,25)/b20-13-;19-14-;16-10-. The maximum absolute atomic E-state index is 14.3. The Labute approximate surface area is 494 Å². The van der Waals surface area contributed by atoms with Crippen molar-refractivity contribution in [2.75, 3.05) is 5.75 Å². The van der Waals surface area contributed by atoms with E-state index in [0.29, 0.717) is 59.9 Å². The van der Waals surface area contributed by atoms with Crippen molar-refractivity contribution in [1.82, 2.24) is 20.9 Å². The number of carboxylic acid groups (broad SMARTS) is 3. The lowest BCUT2D eigenvalue weighted by Crippen LogP contribution is -2.27. The van der Waals surface area contributed by atoms with Gasteiger partial charge in [0.25, 0.3) is 17.7 Å². The van der Waals surface area contributed by atoms with Gasteiger partial charge in [-0.05, 0) is 115 Å². The minimum atomic E-state index is -3.30. The number of furan rings is 1. The van der Waals surface area contributed by atoms with Crippen LogP contribution in [0.25, 0.3) is 51.2 Å². The lowest BCUT2D eigenvalue weighted by Gasteiger charge is -2.09. The molecule has 3 amide bonds. The molecule has 2 heterocycles. The third-order valence-corrected chi connectivity index (χ3v) is 15.0. The Bertz CT molecular complexity index is 4080. The van der Waals surface area contributed by atoms with Crippen LogP contribution < -0.4 is 16.0 Å². The number of rotatable bonds is 17. The Morgan fingerprint density at radius 2 is 1.00 bits per heavy atom. The Morgan fingerprint density at radius 3 is 1.48 bits per heavy atom. The van der Waals surface area contributed by atoms with E-state index in [1.54, 1.807) is 158 Å². The molecule has 0 unspecified atom stereocenters. The molecule has 9 aromatic rings. The SMILES string of the molecule is CCS(=O)(=O)c1ccc(-c2ccc(/C=C(\NC(=O)c3ccccc3)C(=O)O)o2)cc1.O=C(O)/C(=C/c1ccc(F)c(-c2ccccc2Cl)c1)NC(=O)c1ccccc1.O=C(O)/C(=C/c1csc(-c2ccccc2Cl)n1)NC(=O)c1ccccc1. The van der Waals surface area contributed by atoms with Gasteiger partial charge in [0.2, 0.25) is 0 Å². The van der Waals surface area contributed by atoms with Crippen LogP contribution in [0.2, 0.25) is 10.0 Å². The highest BCUT2D eigenvalue weighted by Crippen LogP contribution is 2.32. The second-order valence-corrected chi connectivity index (χ2v) is 21.4. The van der Waals surface area contributed by atoms with Crippen LogP contribution in [0.3, 0.4) is 0 Å². The summed E-state index contributed by atoms with van der Waals surface area (Å²) in [5, 5.41) is 38.6. The Kier molecular flexibility index (Phi) is 21.3. The number of hydrogen-bond donors (Lipinski definition) is 6. The van der Waals surface area contributed by atoms with Crippen LogP contribution in [-0.2, 0) is 24.2 Å². The molecule has 84 heavy (non-hydrogen) atoms. The normalized spacial score (nSPS) is 11.4. The molecular formula is C63H47Cl2FN4O12S2. The summed E-state index contributed by atoms with van der Waals surface area (Å²) in [6.45, 7) is 1.57. The van der Waals surface area contributed by atoms with Gasteiger partial charge in [-0.2, -0.15) is 0 Å². The Balaban J connectivity index is 0.000000181. The average Bonchev–Trinajstić information content (AvgIpc) is 4.23. The number of sulfone groups is 1. The molecular weight excluding hydrogens is 1160 g/mol. The molecule has 0 saturated carbocycles. The number of nitrogens with zero attached hydrogens (tertiary/aromatic N) is 1. The number of hydrogen-bond acceptors (Lipinski definition) is 11. The quantitative estimate of drug-likeness (QED) is 0.0464. The van der Waals surface area contributed by atoms with Crippen molar-refractivity contribution in [2.24, 2.45) is 0 Å². The second kappa shape index (κ2) is 29.1. The number of aromatic nitrogens is 1. The molecule has 16 nitrogen and oxygen atoms in total. The van der Waals surface area contributed by atoms with Crippen molar-refractivity contribution >= 4 is 98.2 Å². The van der Waals surface area contributed by atoms with Gasteiger partial charge in [0.05, 0.1) is 21.4 Å². The molecule has 6 N–H and O–H groups in total. The minimum Gasteiger partial charge on any atom is -0.477 e. The molecule has 0 aliphatic rings. The van der Waals surface area contributed by atoms with Crippen molar-refractivity contribution in [3.8, 4) is 33.0 Å². The van der Waals surface area contributed by atoms with Crippen molar-refractivity contribution in [3.05, 3.63) is 266 Å². The summed E-state index contributed by atoms with van der Waals surface area (Å²) in [5.41, 5.74) is 3.05. The molecule has 21 heteroatoms. The van der Waals surface area contributed by atoms with Crippen molar-refractivity contribution in [3.63, 3.8) is 0 Å². The van der Waals surface area contributed by atoms with E-state index >= 15 is 0 Å². The third kappa shape index (κ3) is 17.0. The van der Waals surface area contributed by atoms with Gasteiger partial charge in [0.1, 0.15) is 39.4 Å². The summed E-state index contributed by atoms with van der Waals surface area (Å²) in [6.07, 6.45) is 3.80. The monoisotopic (exact) mass is 1200 g/mol. The topological polar surface area (TPSA) is 259 Å². The summed E-state index contributed by atoms with van der Waals surface area (Å²) in [6, 6.07) is 52.5. The summed E-state index contributed by atoms with van der Waals surface area (Å²) in [5.74, 6) is -5.31. The minimum absolute atomic E-state index is 0.00864. The summed E-state index contributed by atoms with van der Waals surface area (Å²) >= 11 is 13.6. The number of carbonyl (C=O) groups excluding carboxylic acids is 3. The number of aliphatic carboxylic acids is 3. The van der Waals surface area contributed by atoms with Crippen LogP contribution in [0.4, 0.5) is 4.39 Å². The average molecular weight is 1210 g/mol. The first-order chi connectivity index (χ1) is 40.3. The molecule has 0 saturated heterocycles. The maximum atomic E-state index is 14.3. The molecule has 0 aliphatic carbocycles. The third-order valence-electron chi connectivity index (χ3n) is 11.7. The van der Waals surface area contributed by atoms with Crippen molar-refractivity contribution < 1.29 is 61.3 Å². The smallest absolute Gasteiger partial charge is 0.352 e. The van der Waals surface area contributed by atoms with Crippen molar-refractivity contribution in [2.45, 2.75) is 11.8 Å². The van der Waals surface area contributed by atoms with Gasteiger partial charge in [-0.25, -0.2) is 32.2 Å². The van der Waals surface area contributed by atoms with Gasteiger partial charge in [-0.15, -0.1) is 11.3 Å². The molecule has 2 aromatic heterocycles. The lowest BCUT2D eigenvalue weighted by molar-refractivity contribution is -0.133. The molecule has 0 aliphatic heterocycles. The maximum Gasteiger partial charge on any atom is 0.352 e. The Hall–Kier alpha value is -10.1. The molecule has 0 spiro atoms. The highest BCUT2D eigenvalue weighted by Gasteiger charge is 2.19. The van der Waals surface area contributed by atoms with E-state index < -0.39 is 51.3 Å². The fraction of sp³-hybridized carbons (Fsp3) is 0.0317. The van der Waals surface area contributed by atoms with Gasteiger partial charge in [0, 0.05) is 55.4 Å². The molecule has 0 atom stereocenters. The number of nitrogens with one attached hydrogen (secondary N) is 3. The van der Waals surface area contributed by atoms with E-state index in [4.69, 9.17) is 27.6 Å². The molecule has 7 aromatic carbocycles. The zero-order chi connectivity index (χ0) is 60.3. The van der Waals surface area contributed by atoms with Crippen LogP contribution >= 0.6 is 34.5 Å². The van der Waals surface area contributed by atoms with Crippen LogP contribution in [0.5, 0.6) is 0 Å². The largest absolute Gasteiger partial charge is 0.477 e. The number of amides is 3. The summed E-state index contributed by atoms with van der Waals surface area (Å²) in [7, 11) is -3.30. The van der Waals surface area contributed by atoms with Gasteiger partial charge in [-0.1, -0.05) is 127 Å². The van der Waals surface area contributed by atoms with Crippen LogP contribution in [0, 0.1) is 5.82 Å². The van der Waals surface area contributed by atoms with Gasteiger partial charge in [-0.3, -0.25) is 14.4 Å². The predicted molar refractivity (Wildman–Crippen MR) is 320 cm³/mol. The van der Waals surface area contributed by atoms with Gasteiger partial charge < -0.3 is 35.7 Å². The number of thiazole rings is 1. The zero-order valence-electron chi connectivity index (χ0n) is 43.9. The van der Waals surface area contributed by atoms with Crippen molar-refractivity contribution in [1.29, 1.82) is 0 Å². The Morgan fingerprint density at radius 1 is 0.548 bits per heavy atom. The first-order valence-corrected chi connectivity index (χ1v) is 28.2. The molecule has 9 rings (SSSR count). The number of halogens is 3. The molecule has 424 valence electrons. The van der Waals surface area contributed by atoms with E-state index in [1.807, 2.05) is 18.2 Å². The molecule has 0 radical (unpaired) electrons. The zero-order valence-corrected chi connectivity index (χ0v) is 47.1. The predicted octanol–water partition coefficient (Wildman–Crippen LogP) is 12.9. The van der Waals surface area contributed by atoms with E-state index in [2.05, 4.69) is 20.9 Å². The summed E-state index contributed by atoms with van der Waals surface area (Å²) in [4.78, 5) is 75.8. The lowest BCUT2D eigenvalue weighted by atomic mass is 10.0. The van der Waals surface area contributed by atoms with Crippen LogP contribution in [-0.4, -0.2) is 70.1 Å². The van der Waals surface area contributed by atoms with E-state index in [0.717, 1.165) is 5.56 Å². The highest BCUT2D eigenvalue weighted by atomic mass is 35.5. The van der Waals surface area contributed by atoms with Crippen LogP contribution in [0.1, 0.15) is 55.0 Å². The second-order valence-electron chi connectivity index (χ2n) is 17.5. The molecule has 0 fully saturated rings. The van der Waals surface area contributed by atoms with E-state index in [9.17, 15) is 56.9 Å². The number of benzene rings is 7. The fourth-order valence-corrected chi connectivity index (χ4v) is 9.69. The first kappa shape index (κ1) is 61.6. The molecule has 0 bridgehead atoms. The van der Waals surface area contributed by atoms with E-state index in [1.165, 1.54) is 59.9 Å². The van der Waals surface area contributed by atoms with Gasteiger partial charge in [0.15, 0.2) is 9.84 Å². The number of carboxylic acids is 3. The number of carbonyl (C=O) groups is 6. The van der Waals surface area contributed by atoms with Gasteiger partial charge >= 0.3 is 17.9 Å². The first-order valence-electron chi connectivity index (χ1n) is 24.9. The fourth-order valence-electron chi connectivity index (χ4n) is 7.47. The summed E-state index contributed by atoms with van der Waals surface area (Å²) < 4.78 is 43.8. The van der Waals surface area contributed by atoms with E-state index in [-0.39, 0.29) is 39.1 Å². The van der Waals surface area contributed by atoms with Crippen LogP contribution in [0.15, 0.2) is 226 Å².